The Morgan fingerprint density at radius 3 is 2.26 bits per heavy atom. The molecule has 0 atom stereocenters. The number of pyridine rings is 1. The molecule has 0 radical (unpaired) electrons. The predicted molar refractivity (Wildman–Crippen MR) is 125 cm³/mol. The Hall–Kier alpha value is -4.39. The number of fused-ring (bicyclic) bond motifs is 3. The fourth-order valence-corrected chi connectivity index (χ4v) is 4.95. The van der Waals surface area contributed by atoms with E-state index in [0.717, 1.165) is 16.7 Å². The first-order valence-electron chi connectivity index (χ1n) is 9.42. The fourth-order valence-electron chi connectivity index (χ4n) is 3.86. The van der Waals surface area contributed by atoms with Crippen molar-refractivity contribution in [1.29, 1.82) is 5.26 Å². The number of hydrogen-bond donors (Lipinski definition) is 1. The number of nitrogens with two attached hydrogens (primary N) is 1. The molecule has 3 aromatic heterocycles. The van der Waals surface area contributed by atoms with Gasteiger partial charge in [0.1, 0.15) is 22.3 Å². The first-order chi connectivity index (χ1) is 15.2. The molecule has 0 fully saturated rings. The molecule has 2 aromatic carbocycles. The lowest BCUT2D eigenvalue weighted by Gasteiger charge is -2.16. The largest absolute Gasteiger partial charge is 0.384 e. The van der Waals surface area contributed by atoms with Crippen LogP contribution in [0.25, 0.3) is 38.1 Å². The third kappa shape index (κ3) is 2.71. The van der Waals surface area contributed by atoms with Crippen LogP contribution in [0.2, 0.25) is 0 Å². The molecule has 5 rings (SSSR count). The van der Waals surface area contributed by atoms with Crippen molar-refractivity contribution in [1.82, 2.24) is 9.38 Å². The van der Waals surface area contributed by atoms with Gasteiger partial charge in [0.05, 0.1) is 10.9 Å². The van der Waals surface area contributed by atoms with E-state index in [0.29, 0.717) is 21.3 Å². The van der Waals surface area contributed by atoms with Gasteiger partial charge >= 0.3 is 0 Å². The van der Waals surface area contributed by atoms with Crippen molar-refractivity contribution in [2.45, 2.75) is 0 Å². The summed E-state index contributed by atoms with van der Waals surface area (Å²) < 4.78 is 1.63. The molecule has 2 N–H and O–H groups in total. The van der Waals surface area contributed by atoms with E-state index < -0.39 is 5.56 Å². The van der Waals surface area contributed by atoms with Crippen LogP contribution < -0.4 is 11.3 Å². The molecule has 0 spiro atoms. The molecule has 31 heavy (non-hydrogen) atoms. The van der Waals surface area contributed by atoms with Crippen LogP contribution >= 0.6 is 11.3 Å². The van der Waals surface area contributed by atoms with Crippen LogP contribution in [0.1, 0.15) is 11.1 Å². The monoisotopic (exact) mass is 418 g/mol. The van der Waals surface area contributed by atoms with E-state index in [1.165, 1.54) is 11.3 Å². The van der Waals surface area contributed by atoms with Crippen molar-refractivity contribution in [3.05, 3.63) is 87.5 Å². The lowest BCUT2D eigenvalue weighted by Crippen LogP contribution is -2.15. The van der Waals surface area contributed by atoms with Crippen molar-refractivity contribution in [3.8, 4) is 40.7 Å². The lowest BCUT2D eigenvalue weighted by atomic mass is 9.96. The second-order valence-electron chi connectivity index (χ2n) is 6.90. The maximum Gasteiger partial charge on any atom is 0.282 e. The molecule has 6 heteroatoms. The summed E-state index contributed by atoms with van der Waals surface area (Å²) >= 11 is 1.37. The molecule has 0 aliphatic heterocycles. The van der Waals surface area contributed by atoms with Crippen molar-refractivity contribution in [3.63, 3.8) is 0 Å². The van der Waals surface area contributed by atoms with Crippen molar-refractivity contribution >= 4 is 33.0 Å². The highest BCUT2D eigenvalue weighted by Gasteiger charge is 2.23. The molecule has 0 amide bonds. The Kier molecular flexibility index (Phi) is 4.29. The number of aromatic nitrogens is 2. The van der Waals surface area contributed by atoms with E-state index >= 15 is 0 Å². The van der Waals surface area contributed by atoms with Crippen LogP contribution in [0.5, 0.6) is 0 Å². The summed E-state index contributed by atoms with van der Waals surface area (Å²) in [5, 5.41) is 12.4. The highest BCUT2D eigenvalue weighted by atomic mass is 32.1. The highest BCUT2D eigenvalue weighted by molar-refractivity contribution is 7.17. The van der Waals surface area contributed by atoms with Crippen LogP contribution in [-0.4, -0.2) is 9.38 Å². The van der Waals surface area contributed by atoms with Crippen molar-refractivity contribution in [2.24, 2.45) is 0 Å². The summed E-state index contributed by atoms with van der Waals surface area (Å²) in [5.41, 5.74) is 9.89. The van der Waals surface area contributed by atoms with Gasteiger partial charge in [0, 0.05) is 16.5 Å². The molecule has 0 aliphatic rings. The Morgan fingerprint density at radius 1 is 1.00 bits per heavy atom. The molecule has 0 unspecified atom stereocenters. The van der Waals surface area contributed by atoms with Crippen molar-refractivity contribution < 1.29 is 0 Å². The zero-order chi connectivity index (χ0) is 21.5. The molecule has 0 saturated heterocycles. The number of hydrogen-bond acceptors (Lipinski definition) is 5. The number of rotatable bonds is 2. The maximum atomic E-state index is 13.1. The van der Waals surface area contributed by atoms with Crippen LogP contribution in [0, 0.1) is 23.7 Å². The van der Waals surface area contributed by atoms with Gasteiger partial charge in [-0.1, -0.05) is 66.6 Å². The van der Waals surface area contributed by atoms with Crippen LogP contribution in [-0.2, 0) is 0 Å². The zero-order valence-electron chi connectivity index (χ0n) is 16.2. The third-order valence-electron chi connectivity index (χ3n) is 5.23. The predicted octanol–water partition coefficient (Wildman–Crippen LogP) is 4.68. The van der Waals surface area contributed by atoms with Gasteiger partial charge in [0.2, 0.25) is 0 Å². The Morgan fingerprint density at radius 2 is 1.65 bits per heavy atom. The molecular formula is C25H14N4OS. The maximum absolute atomic E-state index is 13.1. The summed E-state index contributed by atoms with van der Waals surface area (Å²) in [6, 6.07) is 21.1. The Labute approximate surface area is 181 Å². The lowest BCUT2D eigenvalue weighted by molar-refractivity contribution is 1.14. The smallest absolute Gasteiger partial charge is 0.282 e. The standard InChI is InChI=1S/C25H14N4OS/c1-2-17-20(16-11-7-4-8-12-16)18(13-26)23-28-24(30)21-19(15-9-5-3-6-10-15)14-31-25(21)29(23)22(17)27/h1,3-12,14H,27H2. The number of benzene rings is 2. The summed E-state index contributed by atoms with van der Waals surface area (Å²) in [6.07, 6.45) is 5.84. The molecule has 0 aliphatic carbocycles. The van der Waals surface area contributed by atoms with E-state index in [4.69, 9.17) is 12.2 Å². The molecule has 5 nitrogen and oxygen atoms in total. The minimum absolute atomic E-state index is 0.205. The second kappa shape index (κ2) is 7.14. The van der Waals surface area contributed by atoms with Crippen molar-refractivity contribution in [2.75, 3.05) is 5.73 Å². The van der Waals surface area contributed by atoms with Gasteiger partial charge in [-0.25, -0.2) is 0 Å². The first kappa shape index (κ1) is 18.6. The molecule has 5 aromatic rings. The van der Waals surface area contributed by atoms with Gasteiger partial charge in [0.15, 0.2) is 5.65 Å². The van der Waals surface area contributed by atoms with E-state index in [1.54, 1.807) is 4.40 Å². The number of thiophene rings is 1. The van der Waals surface area contributed by atoms with Gasteiger partial charge < -0.3 is 5.73 Å². The molecule has 146 valence electrons. The molecular weight excluding hydrogens is 404 g/mol. The summed E-state index contributed by atoms with van der Waals surface area (Å²) in [5.74, 6) is 2.92. The molecule has 3 heterocycles. The summed E-state index contributed by atoms with van der Waals surface area (Å²) in [7, 11) is 0. The van der Waals surface area contributed by atoms with Crippen LogP contribution in [0.3, 0.4) is 0 Å². The fraction of sp³-hybridized carbons (Fsp3) is 0. The van der Waals surface area contributed by atoms with Gasteiger partial charge in [-0.05, 0) is 11.1 Å². The average molecular weight is 418 g/mol. The number of nitrogen functional groups attached to an aromatic ring is 1. The Bertz CT molecular complexity index is 1620. The first-order valence-corrected chi connectivity index (χ1v) is 10.3. The van der Waals surface area contributed by atoms with E-state index in [-0.39, 0.29) is 17.0 Å². The number of nitrogens with zero attached hydrogens (tertiary/aromatic N) is 3. The quantitative estimate of drug-likeness (QED) is 0.422. The van der Waals surface area contributed by atoms with Gasteiger partial charge in [-0.15, -0.1) is 17.8 Å². The number of terminal acetylenes is 1. The van der Waals surface area contributed by atoms with E-state index in [1.807, 2.05) is 66.0 Å². The van der Waals surface area contributed by atoms with E-state index in [2.05, 4.69) is 17.0 Å². The molecule has 0 bridgehead atoms. The third-order valence-corrected chi connectivity index (χ3v) is 6.20. The minimum atomic E-state index is -0.404. The molecule has 0 saturated carbocycles. The average Bonchev–Trinajstić information content (AvgIpc) is 3.26. The van der Waals surface area contributed by atoms with Gasteiger partial charge in [0.25, 0.3) is 5.56 Å². The van der Waals surface area contributed by atoms with Gasteiger partial charge in [-0.3, -0.25) is 9.20 Å². The van der Waals surface area contributed by atoms with Crippen LogP contribution in [0.4, 0.5) is 5.82 Å². The normalized spacial score (nSPS) is 10.8. The summed E-state index contributed by atoms with van der Waals surface area (Å²) in [4.78, 5) is 18.0. The summed E-state index contributed by atoms with van der Waals surface area (Å²) in [6.45, 7) is 0. The number of nitriles is 1. The topological polar surface area (TPSA) is 84.2 Å². The van der Waals surface area contributed by atoms with Crippen LogP contribution in [0.15, 0.2) is 70.8 Å². The Balaban J connectivity index is 1.98. The second-order valence-corrected chi connectivity index (χ2v) is 7.76. The van der Waals surface area contributed by atoms with Gasteiger partial charge in [-0.2, -0.15) is 10.2 Å². The van der Waals surface area contributed by atoms with E-state index in [9.17, 15) is 10.1 Å². The minimum Gasteiger partial charge on any atom is -0.384 e. The highest BCUT2D eigenvalue weighted by Crippen LogP contribution is 2.37. The SMILES string of the molecule is C#Cc1c(-c2ccccc2)c(C#N)c2nc(=O)c3c(-c4ccccc4)csc3n2c1N. The number of anilines is 1. The zero-order valence-corrected chi connectivity index (χ0v) is 17.0.